The van der Waals surface area contributed by atoms with E-state index in [9.17, 15) is 4.79 Å². The van der Waals surface area contributed by atoms with Crippen LogP contribution in [-0.4, -0.2) is 17.0 Å². The highest BCUT2D eigenvalue weighted by molar-refractivity contribution is 7.16. The van der Waals surface area contributed by atoms with E-state index in [2.05, 4.69) is 10.5 Å². The average molecular weight is 330 g/mol. The number of nitrogens with one attached hydrogen (secondary N) is 1. The number of hydrogen-bond donors (Lipinski definition) is 3. The third kappa shape index (κ3) is 3.32. The highest BCUT2D eigenvalue weighted by atomic mass is 35.5. The summed E-state index contributed by atoms with van der Waals surface area (Å²) in [4.78, 5) is 13.7. The molecule has 1 fully saturated rings. The van der Waals surface area contributed by atoms with E-state index in [0.29, 0.717) is 17.2 Å². The van der Waals surface area contributed by atoms with Crippen LogP contribution in [0.15, 0.2) is 17.3 Å². The molecule has 4 N–H and O–H groups in total. The molecule has 1 unspecified atom stereocenters. The number of amides is 1. The normalized spacial score (nSPS) is 20.0. The Balaban J connectivity index is 2.15. The van der Waals surface area contributed by atoms with Gasteiger partial charge in [0.1, 0.15) is 5.41 Å². The molecule has 1 saturated carbocycles. The Morgan fingerprint density at radius 3 is 2.67 bits per heavy atom. The standard InChI is InChI=1S/C14H20ClN3O2S/c1-9(10-5-6-11(15)21-10)17-13(19)14(12(16)18-20)7-3-2-4-8-14/h5-6,9,20H,2-4,7-8H2,1H3,(H2,16,18)(H,17,19). The van der Waals surface area contributed by atoms with E-state index in [1.54, 1.807) is 0 Å². The quantitative estimate of drug-likeness (QED) is 0.343. The molecule has 0 aromatic carbocycles. The van der Waals surface area contributed by atoms with Gasteiger partial charge in [-0.25, -0.2) is 0 Å². The van der Waals surface area contributed by atoms with E-state index in [4.69, 9.17) is 22.5 Å². The van der Waals surface area contributed by atoms with Crippen LogP contribution in [0, 0.1) is 5.41 Å². The molecule has 5 nitrogen and oxygen atoms in total. The maximum atomic E-state index is 12.7. The number of amidine groups is 1. The summed E-state index contributed by atoms with van der Waals surface area (Å²) in [6.45, 7) is 1.91. The molecule has 2 rings (SSSR count). The predicted molar refractivity (Wildman–Crippen MR) is 84.8 cm³/mol. The second-order valence-electron chi connectivity index (χ2n) is 5.47. The maximum Gasteiger partial charge on any atom is 0.234 e. The van der Waals surface area contributed by atoms with Gasteiger partial charge in [0.25, 0.3) is 0 Å². The second-order valence-corrected chi connectivity index (χ2v) is 7.21. The lowest BCUT2D eigenvalue weighted by Gasteiger charge is -2.35. The summed E-state index contributed by atoms with van der Waals surface area (Å²) in [7, 11) is 0. The van der Waals surface area contributed by atoms with Crippen molar-refractivity contribution in [3.05, 3.63) is 21.3 Å². The Labute approximate surface area is 133 Å². The van der Waals surface area contributed by atoms with Gasteiger partial charge < -0.3 is 16.3 Å². The Bertz CT molecular complexity index is 538. The number of rotatable bonds is 4. The van der Waals surface area contributed by atoms with Crippen molar-refractivity contribution in [1.29, 1.82) is 0 Å². The van der Waals surface area contributed by atoms with Crippen molar-refractivity contribution in [1.82, 2.24) is 5.32 Å². The molecule has 1 aromatic heterocycles. The first-order valence-corrected chi connectivity index (χ1v) is 8.23. The molecular formula is C14H20ClN3O2S. The van der Waals surface area contributed by atoms with Crippen LogP contribution in [0.25, 0.3) is 0 Å². The fraction of sp³-hybridized carbons (Fsp3) is 0.571. The summed E-state index contributed by atoms with van der Waals surface area (Å²) in [6.07, 6.45) is 4.12. The molecule has 116 valence electrons. The highest BCUT2D eigenvalue weighted by Gasteiger charge is 2.44. The van der Waals surface area contributed by atoms with E-state index >= 15 is 0 Å². The smallest absolute Gasteiger partial charge is 0.234 e. The van der Waals surface area contributed by atoms with Crippen molar-refractivity contribution < 1.29 is 10.0 Å². The number of oxime groups is 1. The SMILES string of the molecule is CC(NC(=O)C1(C(N)=NO)CCCCC1)c1ccc(Cl)s1. The third-order valence-electron chi connectivity index (χ3n) is 4.11. The summed E-state index contributed by atoms with van der Waals surface area (Å²) in [5.41, 5.74) is 4.94. The van der Waals surface area contributed by atoms with Crippen LogP contribution in [0.2, 0.25) is 4.34 Å². The Kier molecular flexibility index (Phi) is 5.11. The topological polar surface area (TPSA) is 87.7 Å². The molecule has 1 aliphatic rings. The number of nitrogens with zero attached hydrogens (tertiary/aromatic N) is 1. The fourth-order valence-electron chi connectivity index (χ4n) is 2.82. The van der Waals surface area contributed by atoms with E-state index in [1.165, 1.54) is 11.3 Å². The van der Waals surface area contributed by atoms with Gasteiger partial charge in [-0.3, -0.25) is 4.79 Å². The van der Waals surface area contributed by atoms with E-state index in [0.717, 1.165) is 24.1 Å². The van der Waals surface area contributed by atoms with Gasteiger partial charge in [-0.2, -0.15) is 0 Å². The molecule has 0 aliphatic heterocycles. The summed E-state index contributed by atoms with van der Waals surface area (Å²) >= 11 is 7.36. The van der Waals surface area contributed by atoms with Gasteiger partial charge in [0.05, 0.1) is 10.4 Å². The lowest BCUT2D eigenvalue weighted by Crippen LogP contribution is -2.51. The fourth-order valence-corrected chi connectivity index (χ4v) is 3.88. The van der Waals surface area contributed by atoms with Crippen molar-refractivity contribution in [3.8, 4) is 0 Å². The highest BCUT2D eigenvalue weighted by Crippen LogP contribution is 2.38. The first kappa shape index (κ1) is 16.1. The summed E-state index contributed by atoms with van der Waals surface area (Å²) < 4.78 is 0.690. The number of hydrogen-bond acceptors (Lipinski definition) is 4. The number of halogens is 1. The van der Waals surface area contributed by atoms with Crippen LogP contribution >= 0.6 is 22.9 Å². The van der Waals surface area contributed by atoms with E-state index in [1.807, 2.05) is 19.1 Å². The molecule has 1 aliphatic carbocycles. The van der Waals surface area contributed by atoms with Crippen molar-refractivity contribution >= 4 is 34.7 Å². The van der Waals surface area contributed by atoms with Crippen molar-refractivity contribution in [2.45, 2.75) is 45.1 Å². The molecule has 0 spiro atoms. The first-order valence-electron chi connectivity index (χ1n) is 7.04. The number of carbonyl (C=O) groups excluding carboxylic acids is 1. The molecular weight excluding hydrogens is 310 g/mol. The van der Waals surface area contributed by atoms with Gasteiger partial charge >= 0.3 is 0 Å². The molecule has 0 radical (unpaired) electrons. The maximum absolute atomic E-state index is 12.7. The van der Waals surface area contributed by atoms with Gasteiger partial charge in [-0.15, -0.1) is 11.3 Å². The lowest BCUT2D eigenvalue weighted by atomic mass is 9.72. The van der Waals surface area contributed by atoms with Crippen molar-refractivity contribution in [2.24, 2.45) is 16.3 Å². The summed E-state index contributed by atoms with van der Waals surface area (Å²) in [5.74, 6) is -0.161. The number of carbonyl (C=O) groups is 1. The zero-order chi connectivity index (χ0) is 15.5. The molecule has 1 atom stereocenters. The molecule has 1 heterocycles. The molecule has 7 heteroatoms. The Hall–Kier alpha value is -1.27. The van der Waals surface area contributed by atoms with Crippen molar-refractivity contribution in [2.75, 3.05) is 0 Å². The minimum absolute atomic E-state index is 0.0103. The Morgan fingerprint density at radius 2 is 2.14 bits per heavy atom. The van der Waals surface area contributed by atoms with Gasteiger partial charge in [0, 0.05) is 4.88 Å². The lowest BCUT2D eigenvalue weighted by molar-refractivity contribution is -0.129. The minimum Gasteiger partial charge on any atom is -0.409 e. The van der Waals surface area contributed by atoms with E-state index in [-0.39, 0.29) is 17.8 Å². The predicted octanol–water partition coefficient (Wildman–Crippen LogP) is 3.28. The van der Waals surface area contributed by atoms with Crippen LogP contribution in [0.1, 0.15) is 49.9 Å². The Morgan fingerprint density at radius 1 is 1.48 bits per heavy atom. The average Bonchev–Trinajstić information content (AvgIpc) is 2.93. The molecule has 21 heavy (non-hydrogen) atoms. The first-order chi connectivity index (χ1) is 9.99. The molecule has 0 saturated heterocycles. The molecule has 1 aromatic rings. The summed E-state index contributed by atoms with van der Waals surface area (Å²) in [6, 6.07) is 3.55. The van der Waals surface area contributed by atoms with Crippen LogP contribution in [0.3, 0.4) is 0 Å². The largest absolute Gasteiger partial charge is 0.409 e. The monoisotopic (exact) mass is 329 g/mol. The van der Waals surface area contributed by atoms with Gasteiger partial charge in [-0.05, 0) is 31.9 Å². The zero-order valence-corrected chi connectivity index (χ0v) is 13.5. The minimum atomic E-state index is -0.887. The molecule has 0 bridgehead atoms. The van der Waals surface area contributed by atoms with Crippen molar-refractivity contribution in [3.63, 3.8) is 0 Å². The van der Waals surface area contributed by atoms with Gasteiger partial charge in [0.15, 0.2) is 5.84 Å². The van der Waals surface area contributed by atoms with Gasteiger partial charge in [-0.1, -0.05) is 36.0 Å². The van der Waals surface area contributed by atoms with Crippen LogP contribution in [-0.2, 0) is 4.79 Å². The van der Waals surface area contributed by atoms with E-state index < -0.39 is 5.41 Å². The third-order valence-corrected chi connectivity index (χ3v) is 5.52. The van der Waals surface area contributed by atoms with Crippen LogP contribution in [0.5, 0.6) is 0 Å². The second kappa shape index (κ2) is 6.66. The zero-order valence-electron chi connectivity index (χ0n) is 11.9. The van der Waals surface area contributed by atoms with Gasteiger partial charge in [0.2, 0.25) is 5.91 Å². The van der Waals surface area contributed by atoms with Crippen LogP contribution < -0.4 is 11.1 Å². The molecule has 1 amide bonds. The number of nitrogens with two attached hydrogens (primary N) is 1. The van der Waals surface area contributed by atoms with Crippen LogP contribution in [0.4, 0.5) is 0 Å². The number of thiophene rings is 1. The summed E-state index contributed by atoms with van der Waals surface area (Å²) in [5, 5.41) is 15.1.